The Morgan fingerprint density at radius 1 is 1.20 bits per heavy atom. The van der Waals surface area contributed by atoms with Crippen LogP contribution in [0.5, 0.6) is 0 Å². The van der Waals surface area contributed by atoms with E-state index in [-0.39, 0.29) is 5.91 Å². The molecule has 1 aliphatic heterocycles. The van der Waals surface area contributed by atoms with Crippen molar-refractivity contribution in [1.29, 1.82) is 0 Å². The van der Waals surface area contributed by atoms with Crippen LogP contribution in [0.25, 0.3) is 0 Å². The van der Waals surface area contributed by atoms with Crippen LogP contribution in [0.4, 0.5) is 11.5 Å². The average molecular weight is 359 g/mol. The number of piperazine rings is 1. The number of nitrogens with one attached hydrogen (secondary N) is 1. The first-order valence-electron chi connectivity index (χ1n) is 8.05. The summed E-state index contributed by atoms with van der Waals surface area (Å²) in [6.45, 7) is 4.69. The number of hydrogen-bond donors (Lipinski definition) is 1. The lowest BCUT2D eigenvalue weighted by atomic mass is 10.2. The molecule has 0 spiro atoms. The van der Waals surface area contributed by atoms with Crippen molar-refractivity contribution >= 4 is 35.4 Å². The van der Waals surface area contributed by atoms with Crippen molar-refractivity contribution in [2.24, 2.45) is 0 Å². The summed E-state index contributed by atoms with van der Waals surface area (Å²) in [5, 5.41) is 3.47. The van der Waals surface area contributed by atoms with Crippen LogP contribution in [0.3, 0.4) is 0 Å². The summed E-state index contributed by atoms with van der Waals surface area (Å²) in [5.41, 5.74) is 2.00. The van der Waals surface area contributed by atoms with Gasteiger partial charge in [0.1, 0.15) is 5.82 Å². The summed E-state index contributed by atoms with van der Waals surface area (Å²) in [6, 6.07) is 8.98. The first kappa shape index (κ1) is 17.2. The predicted molar refractivity (Wildman–Crippen MR) is 98.2 cm³/mol. The molecule has 0 radical (unpaired) electrons. The molecule has 6 nitrogen and oxygen atoms in total. The Morgan fingerprint density at radius 2 is 1.96 bits per heavy atom. The second kappa shape index (κ2) is 7.53. The lowest BCUT2D eigenvalue weighted by Gasteiger charge is -2.33. The van der Waals surface area contributed by atoms with Gasteiger partial charge in [-0.25, -0.2) is 4.98 Å². The molecule has 1 aliphatic rings. The van der Waals surface area contributed by atoms with Gasteiger partial charge in [-0.1, -0.05) is 17.7 Å². The summed E-state index contributed by atoms with van der Waals surface area (Å²) < 4.78 is 0. The molecule has 130 valence electrons. The summed E-state index contributed by atoms with van der Waals surface area (Å²) in [7, 11) is 0. The third-order valence-corrected chi connectivity index (χ3v) is 4.72. The Bertz CT molecular complexity index is 771. The number of halogens is 1. The number of aromatic nitrogens is 1. The van der Waals surface area contributed by atoms with Crippen molar-refractivity contribution in [2.75, 3.05) is 36.4 Å². The standard InChI is InChI=1S/C18H19ClN4O2/c1-13-15(19)3-2-4-16(13)21-18(25)14-5-6-17(20-11-14)23-9-7-22(12-24)8-10-23/h2-6,11-12H,7-10H2,1H3,(H,21,25). The smallest absolute Gasteiger partial charge is 0.257 e. The van der Waals surface area contributed by atoms with Crippen molar-refractivity contribution in [1.82, 2.24) is 9.88 Å². The van der Waals surface area contributed by atoms with Crippen LogP contribution in [-0.2, 0) is 4.79 Å². The van der Waals surface area contributed by atoms with E-state index < -0.39 is 0 Å². The van der Waals surface area contributed by atoms with Gasteiger partial charge in [0.2, 0.25) is 6.41 Å². The molecule has 0 saturated carbocycles. The van der Waals surface area contributed by atoms with Gasteiger partial charge in [0, 0.05) is 43.1 Å². The Morgan fingerprint density at radius 3 is 2.60 bits per heavy atom. The Labute approximate surface area is 151 Å². The highest BCUT2D eigenvalue weighted by Crippen LogP contribution is 2.23. The highest BCUT2D eigenvalue weighted by molar-refractivity contribution is 6.31. The molecule has 1 aromatic heterocycles. The number of pyridine rings is 1. The third-order valence-electron chi connectivity index (χ3n) is 4.31. The second-order valence-electron chi connectivity index (χ2n) is 5.90. The number of carbonyl (C=O) groups is 2. The molecular formula is C18H19ClN4O2. The molecular weight excluding hydrogens is 340 g/mol. The van der Waals surface area contributed by atoms with Gasteiger partial charge in [-0.15, -0.1) is 0 Å². The fraction of sp³-hybridized carbons (Fsp3) is 0.278. The number of rotatable bonds is 4. The van der Waals surface area contributed by atoms with E-state index in [9.17, 15) is 9.59 Å². The Kier molecular flexibility index (Phi) is 5.19. The number of nitrogens with zero attached hydrogens (tertiary/aromatic N) is 3. The van der Waals surface area contributed by atoms with E-state index in [4.69, 9.17) is 11.6 Å². The zero-order valence-corrected chi connectivity index (χ0v) is 14.7. The molecule has 1 aromatic carbocycles. The zero-order chi connectivity index (χ0) is 17.8. The normalized spacial score (nSPS) is 14.3. The molecule has 0 bridgehead atoms. The second-order valence-corrected chi connectivity index (χ2v) is 6.31. The van der Waals surface area contributed by atoms with Gasteiger partial charge in [-0.3, -0.25) is 9.59 Å². The molecule has 7 heteroatoms. The maximum atomic E-state index is 12.4. The van der Waals surface area contributed by atoms with Gasteiger partial charge in [0.15, 0.2) is 0 Å². The largest absolute Gasteiger partial charge is 0.353 e. The van der Waals surface area contributed by atoms with Crippen molar-refractivity contribution in [3.05, 3.63) is 52.7 Å². The first-order valence-corrected chi connectivity index (χ1v) is 8.43. The molecule has 1 fully saturated rings. The summed E-state index contributed by atoms with van der Waals surface area (Å²) in [5.74, 6) is 0.580. The van der Waals surface area contributed by atoms with Crippen LogP contribution < -0.4 is 10.2 Å². The number of benzene rings is 1. The van der Waals surface area contributed by atoms with Gasteiger partial charge >= 0.3 is 0 Å². The van der Waals surface area contributed by atoms with E-state index in [1.165, 1.54) is 0 Å². The monoisotopic (exact) mass is 358 g/mol. The molecule has 1 N–H and O–H groups in total. The highest BCUT2D eigenvalue weighted by Gasteiger charge is 2.17. The van der Waals surface area contributed by atoms with Crippen molar-refractivity contribution < 1.29 is 9.59 Å². The van der Waals surface area contributed by atoms with Gasteiger partial charge in [-0.2, -0.15) is 0 Å². The van der Waals surface area contributed by atoms with E-state index in [1.54, 1.807) is 29.3 Å². The maximum absolute atomic E-state index is 12.4. The lowest BCUT2D eigenvalue weighted by Crippen LogP contribution is -2.46. The highest BCUT2D eigenvalue weighted by atomic mass is 35.5. The number of amides is 2. The fourth-order valence-electron chi connectivity index (χ4n) is 2.70. The van der Waals surface area contributed by atoms with Gasteiger partial charge in [0.05, 0.1) is 5.56 Å². The SMILES string of the molecule is Cc1c(Cl)cccc1NC(=O)c1ccc(N2CCN(C=O)CC2)nc1. The van der Waals surface area contributed by atoms with Crippen molar-refractivity contribution in [3.63, 3.8) is 0 Å². The van der Waals surface area contributed by atoms with Crippen LogP contribution in [0.2, 0.25) is 5.02 Å². The van der Waals surface area contributed by atoms with E-state index in [2.05, 4.69) is 15.2 Å². The molecule has 2 heterocycles. The van der Waals surface area contributed by atoms with Crippen LogP contribution in [-0.4, -0.2) is 48.4 Å². The van der Waals surface area contributed by atoms with Crippen LogP contribution in [0.15, 0.2) is 36.5 Å². The minimum Gasteiger partial charge on any atom is -0.353 e. The summed E-state index contributed by atoms with van der Waals surface area (Å²) in [6.07, 6.45) is 2.44. The maximum Gasteiger partial charge on any atom is 0.257 e. The first-order chi connectivity index (χ1) is 12.1. The summed E-state index contributed by atoms with van der Waals surface area (Å²) >= 11 is 6.08. The topological polar surface area (TPSA) is 65.5 Å². The van der Waals surface area contributed by atoms with Crippen molar-refractivity contribution in [2.45, 2.75) is 6.92 Å². The predicted octanol–water partition coefficient (Wildman–Crippen LogP) is 2.57. The van der Waals surface area contributed by atoms with Gasteiger partial charge < -0.3 is 15.1 Å². The molecule has 1 saturated heterocycles. The average Bonchev–Trinajstić information content (AvgIpc) is 2.65. The number of hydrogen-bond acceptors (Lipinski definition) is 4. The van der Waals surface area contributed by atoms with Crippen LogP contribution >= 0.6 is 11.6 Å². The zero-order valence-electron chi connectivity index (χ0n) is 13.9. The molecule has 25 heavy (non-hydrogen) atoms. The van der Waals surface area contributed by atoms with E-state index in [0.29, 0.717) is 29.4 Å². The van der Waals surface area contributed by atoms with Gasteiger partial charge in [0.25, 0.3) is 5.91 Å². The molecule has 0 atom stereocenters. The molecule has 2 amide bonds. The Balaban J connectivity index is 1.67. The van der Waals surface area contributed by atoms with E-state index >= 15 is 0 Å². The third kappa shape index (κ3) is 3.91. The van der Waals surface area contributed by atoms with Crippen molar-refractivity contribution in [3.8, 4) is 0 Å². The van der Waals surface area contributed by atoms with Gasteiger partial charge in [-0.05, 0) is 36.8 Å². The van der Waals surface area contributed by atoms with E-state index in [1.807, 2.05) is 19.1 Å². The fourth-order valence-corrected chi connectivity index (χ4v) is 2.88. The van der Waals surface area contributed by atoms with Crippen LogP contribution in [0.1, 0.15) is 15.9 Å². The quantitative estimate of drug-likeness (QED) is 0.853. The molecule has 2 aromatic rings. The van der Waals surface area contributed by atoms with Crippen LogP contribution in [0, 0.1) is 6.92 Å². The molecule has 0 aliphatic carbocycles. The molecule has 3 rings (SSSR count). The van der Waals surface area contributed by atoms with E-state index in [0.717, 1.165) is 30.9 Å². The minimum atomic E-state index is -0.227. The molecule has 0 unspecified atom stereocenters. The summed E-state index contributed by atoms with van der Waals surface area (Å²) in [4.78, 5) is 31.4. The number of anilines is 2. The number of carbonyl (C=O) groups excluding carboxylic acids is 2. The lowest BCUT2D eigenvalue weighted by molar-refractivity contribution is -0.118. The Hall–Kier alpha value is -2.60. The minimum absolute atomic E-state index is 0.227.